The number of rotatable bonds is 2. The van der Waals surface area contributed by atoms with E-state index in [1.807, 2.05) is 6.07 Å². The molecule has 1 atom stereocenters. The molecule has 0 saturated carbocycles. The zero-order valence-electron chi connectivity index (χ0n) is 10.7. The van der Waals surface area contributed by atoms with Crippen LogP contribution in [0, 0.1) is 0 Å². The van der Waals surface area contributed by atoms with Gasteiger partial charge < -0.3 is 9.94 Å². The van der Waals surface area contributed by atoms with E-state index in [2.05, 4.69) is 17.3 Å². The predicted octanol–water partition coefficient (Wildman–Crippen LogP) is 3.17. The second-order valence-electron chi connectivity index (χ2n) is 4.44. The summed E-state index contributed by atoms with van der Waals surface area (Å²) in [4.78, 5) is 12.0. The lowest BCUT2D eigenvalue weighted by molar-refractivity contribution is 0.0406. The van der Waals surface area contributed by atoms with E-state index in [9.17, 15) is 4.79 Å². The van der Waals surface area contributed by atoms with Gasteiger partial charge in [0.05, 0.1) is 11.3 Å². The molecule has 0 heterocycles. The summed E-state index contributed by atoms with van der Waals surface area (Å²) in [5.41, 5.74) is 1.05. The molecular weight excluding hydrogens is 242 g/mol. The molecule has 1 aliphatic carbocycles. The molecule has 4 heteroatoms. The standard InChI is InChI=1S/C15H17NO3/c17-15(12-8-4-3-5-9-12)19-14-11-7-2-1-6-10-13(14)16-18/h1-5,8-9,14,18H,6-7,10-11H2/b2-1-,16-13+. The molecule has 100 valence electrons. The van der Waals surface area contributed by atoms with Gasteiger partial charge in [0, 0.05) is 0 Å². The van der Waals surface area contributed by atoms with E-state index in [-0.39, 0.29) is 5.97 Å². The minimum atomic E-state index is -0.442. The highest BCUT2D eigenvalue weighted by atomic mass is 16.5. The van der Waals surface area contributed by atoms with Crippen LogP contribution in [0.25, 0.3) is 0 Å². The van der Waals surface area contributed by atoms with Gasteiger partial charge in [0.2, 0.25) is 0 Å². The lowest BCUT2D eigenvalue weighted by Gasteiger charge is -2.19. The monoisotopic (exact) mass is 259 g/mol. The number of nitrogens with zero attached hydrogens (tertiary/aromatic N) is 1. The first-order valence-corrected chi connectivity index (χ1v) is 6.43. The third-order valence-electron chi connectivity index (χ3n) is 3.09. The van der Waals surface area contributed by atoms with Gasteiger partial charge in [0.15, 0.2) is 0 Å². The van der Waals surface area contributed by atoms with Crippen molar-refractivity contribution in [3.05, 3.63) is 48.0 Å². The molecule has 0 fully saturated rings. The molecule has 1 unspecified atom stereocenters. The Bertz CT molecular complexity index is 479. The van der Waals surface area contributed by atoms with Crippen LogP contribution in [-0.4, -0.2) is 23.0 Å². The van der Waals surface area contributed by atoms with Crippen LogP contribution in [0.4, 0.5) is 0 Å². The topological polar surface area (TPSA) is 58.9 Å². The van der Waals surface area contributed by atoms with Crippen LogP contribution < -0.4 is 0 Å². The Morgan fingerprint density at radius 3 is 2.68 bits per heavy atom. The SMILES string of the molecule is O=C(OC1CC/C=C\CC/C1=N\O)c1ccccc1. The van der Waals surface area contributed by atoms with E-state index < -0.39 is 6.10 Å². The van der Waals surface area contributed by atoms with E-state index in [1.165, 1.54) is 0 Å². The summed E-state index contributed by atoms with van der Waals surface area (Å²) in [6.07, 6.45) is 6.55. The van der Waals surface area contributed by atoms with E-state index >= 15 is 0 Å². The maximum Gasteiger partial charge on any atom is 0.338 e. The minimum Gasteiger partial charge on any atom is -0.452 e. The summed E-state index contributed by atoms with van der Waals surface area (Å²) in [6, 6.07) is 8.84. The summed E-state index contributed by atoms with van der Waals surface area (Å²) < 4.78 is 5.45. The molecule has 1 aromatic carbocycles. The number of hydrogen-bond donors (Lipinski definition) is 1. The molecule has 1 aliphatic rings. The fourth-order valence-electron chi connectivity index (χ4n) is 2.05. The third-order valence-corrected chi connectivity index (χ3v) is 3.09. The first-order valence-electron chi connectivity index (χ1n) is 6.43. The molecular formula is C15H17NO3. The molecule has 1 aromatic rings. The zero-order valence-corrected chi connectivity index (χ0v) is 10.7. The number of ether oxygens (including phenoxy) is 1. The summed E-state index contributed by atoms with van der Waals surface area (Å²) in [5, 5.41) is 12.3. The van der Waals surface area contributed by atoms with Crippen LogP contribution in [-0.2, 0) is 4.74 Å². The fraction of sp³-hybridized carbons (Fsp3) is 0.333. The smallest absolute Gasteiger partial charge is 0.338 e. The van der Waals surface area contributed by atoms with Gasteiger partial charge in [0.1, 0.15) is 6.10 Å². The van der Waals surface area contributed by atoms with Gasteiger partial charge in [-0.15, -0.1) is 0 Å². The van der Waals surface area contributed by atoms with E-state index in [4.69, 9.17) is 9.94 Å². The highest BCUT2D eigenvalue weighted by molar-refractivity contribution is 5.94. The Morgan fingerprint density at radius 2 is 1.95 bits per heavy atom. The Hall–Kier alpha value is -2.10. The normalized spacial score (nSPS) is 23.4. The second kappa shape index (κ2) is 6.73. The Morgan fingerprint density at radius 1 is 1.21 bits per heavy atom. The fourth-order valence-corrected chi connectivity index (χ4v) is 2.05. The number of benzene rings is 1. The molecule has 19 heavy (non-hydrogen) atoms. The lowest BCUT2D eigenvalue weighted by Crippen LogP contribution is -2.28. The molecule has 2 rings (SSSR count). The van der Waals surface area contributed by atoms with Crippen molar-refractivity contribution < 1.29 is 14.7 Å². The van der Waals surface area contributed by atoms with Crippen LogP contribution in [0.3, 0.4) is 0 Å². The first kappa shape index (κ1) is 13.3. The van der Waals surface area contributed by atoms with Gasteiger partial charge in [-0.1, -0.05) is 35.5 Å². The van der Waals surface area contributed by atoms with E-state index in [0.29, 0.717) is 24.1 Å². The van der Waals surface area contributed by atoms with Crippen molar-refractivity contribution in [2.24, 2.45) is 5.16 Å². The molecule has 1 N–H and O–H groups in total. The van der Waals surface area contributed by atoms with Crippen LogP contribution in [0.5, 0.6) is 0 Å². The van der Waals surface area contributed by atoms with Crippen molar-refractivity contribution in [1.82, 2.24) is 0 Å². The highest BCUT2D eigenvalue weighted by Gasteiger charge is 2.22. The van der Waals surface area contributed by atoms with Crippen molar-refractivity contribution in [2.45, 2.75) is 31.8 Å². The first-order chi connectivity index (χ1) is 9.31. The van der Waals surface area contributed by atoms with Crippen molar-refractivity contribution >= 4 is 11.7 Å². The summed E-state index contributed by atoms with van der Waals surface area (Å²) in [7, 11) is 0. The second-order valence-corrected chi connectivity index (χ2v) is 4.44. The quantitative estimate of drug-likeness (QED) is 0.384. The van der Waals surface area contributed by atoms with Crippen LogP contribution in [0.2, 0.25) is 0 Å². The molecule has 0 bridgehead atoms. The van der Waals surface area contributed by atoms with Gasteiger partial charge in [-0.25, -0.2) is 4.79 Å². The lowest BCUT2D eigenvalue weighted by atomic mass is 10.0. The van der Waals surface area contributed by atoms with Gasteiger partial charge in [0.25, 0.3) is 0 Å². The highest BCUT2D eigenvalue weighted by Crippen LogP contribution is 2.15. The third kappa shape index (κ3) is 3.68. The predicted molar refractivity (Wildman–Crippen MR) is 72.5 cm³/mol. The number of oxime groups is 1. The number of allylic oxidation sites excluding steroid dienone is 2. The van der Waals surface area contributed by atoms with Gasteiger partial charge >= 0.3 is 5.97 Å². The molecule has 0 spiro atoms. The van der Waals surface area contributed by atoms with Crippen molar-refractivity contribution in [2.75, 3.05) is 0 Å². The zero-order chi connectivity index (χ0) is 13.5. The number of carbonyl (C=O) groups excluding carboxylic acids is 1. The van der Waals surface area contributed by atoms with Gasteiger partial charge in [-0.05, 0) is 37.8 Å². The maximum atomic E-state index is 12.0. The van der Waals surface area contributed by atoms with Crippen molar-refractivity contribution in [3.8, 4) is 0 Å². The van der Waals surface area contributed by atoms with Crippen LogP contribution >= 0.6 is 0 Å². The molecule has 0 amide bonds. The Kier molecular flexibility index (Phi) is 4.72. The summed E-state index contributed by atoms with van der Waals surface area (Å²) in [5.74, 6) is -0.378. The van der Waals surface area contributed by atoms with E-state index in [0.717, 1.165) is 12.8 Å². The number of esters is 1. The van der Waals surface area contributed by atoms with Crippen LogP contribution in [0.15, 0.2) is 47.6 Å². The molecule has 0 radical (unpaired) electrons. The maximum absolute atomic E-state index is 12.0. The largest absolute Gasteiger partial charge is 0.452 e. The number of hydrogen-bond acceptors (Lipinski definition) is 4. The average Bonchev–Trinajstić information content (AvgIpc) is 2.43. The molecule has 0 aliphatic heterocycles. The Labute approximate surface area is 112 Å². The molecule has 0 saturated heterocycles. The minimum absolute atomic E-state index is 0.378. The Balaban J connectivity index is 2.07. The van der Waals surface area contributed by atoms with Crippen LogP contribution in [0.1, 0.15) is 36.0 Å². The van der Waals surface area contributed by atoms with Gasteiger partial charge in [-0.3, -0.25) is 0 Å². The summed E-state index contributed by atoms with van der Waals surface area (Å²) >= 11 is 0. The van der Waals surface area contributed by atoms with Crippen molar-refractivity contribution in [3.63, 3.8) is 0 Å². The van der Waals surface area contributed by atoms with Crippen molar-refractivity contribution in [1.29, 1.82) is 0 Å². The molecule has 0 aromatic heterocycles. The molecule has 4 nitrogen and oxygen atoms in total. The summed E-state index contributed by atoms with van der Waals surface area (Å²) in [6.45, 7) is 0. The van der Waals surface area contributed by atoms with E-state index in [1.54, 1.807) is 24.3 Å². The van der Waals surface area contributed by atoms with Gasteiger partial charge in [-0.2, -0.15) is 0 Å². The average molecular weight is 259 g/mol. The number of carbonyl (C=O) groups is 1.